The summed E-state index contributed by atoms with van der Waals surface area (Å²) in [7, 11) is 0. The maximum absolute atomic E-state index is 13.4. The first kappa shape index (κ1) is 22.2. The van der Waals surface area contributed by atoms with Crippen LogP contribution in [-0.4, -0.2) is 39.8 Å². The van der Waals surface area contributed by atoms with Crippen LogP contribution in [-0.2, 0) is 4.79 Å². The lowest BCUT2D eigenvalue weighted by atomic mass is 9.97. The molecule has 3 heterocycles. The monoisotopic (exact) mass is 490 g/mol. The van der Waals surface area contributed by atoms with Gasteiger partial charge >= 0.3 is 0 Å². The molecule has 0 atom stereocenters. The molecule has 0 aliphatic carbocycles. The number of nitrogens with one attached hydrogen (secondary N) is 1. The third-order valence-electron chi connectivity index (χ3n) is 5.54. The zero-order valence-corrected chi connectivity index (χ0v) is 19.6. The number of carbonyl (C=O) groups is 2. The van der Waals surface area contributed by atoms with Gasteiger partial charge in [-0.15, -0.1) is 11.3 Å². The van der Waals surface area contributed by atoms with Crippen LogP contribution in [0.15, 0.2) is 53.9 Å². The van der Waals surface area contributed by atoms with Crippen molar-refractivity contribution < 1.29 is 14.0 Å². The first-order valence-electron chi connectivity index (χ1n) is 10.7. The molecule has 0 unspecified atom stereocenters. The maximum atomic E-state index is 13.4. The molecule has 1 aliphatic heterocycles. The fraction of sp³-hybridized carbons (Fsp3) is 0.200. The van der Waals surface area contributed by atoms with E-state index in [0.29, 0.717) is 34.1 Å². The molecule has 0 bridgehead atoms. The second kappa shape index (κ2) is 9.71. The predicted molar refractivity (Wildman–Crippen MR) is 132 cm³/mol. The van der Waals surface area contributed by atoms with Crippen molar-refractivity contribution in [3.05, 3.63) is 76.0 Å². The first-order chi connectivity index (χ1) is 16.5. The van der Waals surface area contributed by atoms with Gasteiger partial charge in [-0.05, 0) is 43.2 Å². The van der Waals surface area contributed by atoms with Gasteiger partial charge in [0.05, 0.1) is 15.2 Å². The van der Waals surface area contributed by atoms with Crippen molar-refractivity contribution in [3.8, 4) is 11.8 Å². The Labute approximate surface area is 203 Å². The Morgan fingerprint density at radius 2 is 1.88 bits per heavy atom. The van der Waals surface area contributed by atoms with Crippen LogP contribution >= 0.6 is 22.7 Å². The van der Waals surface area contributed by atoms with Gasteiger partial charge < -0.3 is 4.90 Å². The van der Waals surface area contributed by atoms with Crippen LogP contribution in [0.4, 0.5) is 9.52 Å². The maximum Gasteiger partial charge on any atom is 0.298 e. The zero-order valence-electron chi connectivity index (χ0n) is 18.0. The molecule has 0 radical (unpaired) electrons. The van der Waals surface area contributed by atoms with Crippen LogP contribution in [0.25, 0.3) is 10.2 Å². The minimum atomic E-state index is -0.342. The van der Waals surface area contributed by atoms with Crippen molar-refractivity contribution >= 4 is 49.8 Å². The summed E-state index contributed by atoms with van der Waals surface area (Å²) >= 11 is 2.67. The topological polar surface area (TPSA) is 75.2 Å². The van der Waals surface area contributed by atoms with E-state index in [4.69, 9.17) is 0 Å². The number of thiazole rings is 2. The SMILES string of the molecule is O=C(Nc1nc2ccc(F)cc2s1)c1csc(C2CCN(C(=O)C#Cc3ccccc3)CC2)n1. The van der Waals surface area contributed by atoms with Crippen LogP contribution in [0.3, 0.4) is 0 Å². The van der Waals surface area contributed by atoms with Gasteiger partial charge in [0, 0.05) is 35.9 Å². The van der Waals surface area contributed by atoms with Gasteiger partial charge in [-0.3, -0.25) is 14.9 Å². The lowest BCUT2D eigenvalue weighted by Gasteiger charge is -2.29. The highest BCUT2D eigenvalue weighted by Gasteiger charge is 2.26. The molecule has 2 aromatic carbocycles. The Morgan fingerprint density at radius 1 is 1.09 bits per heavy atom. The number of hydrogen-bond donors (Lipinski definition) is 1. The minimum absolute atomic E-state index is 0.169. The summed E-state index contributed by atoms with van der Waals surface area (Å²) < 4.78 is 14.1. The molecule has 2 aromatic heterocycles. The van der Waals surface area contributed by atoms with E-state index in [0.717, 1.165) is 23.4 Å². The molecule has 4 aromatic rings. The number of amides is 2. The van der Waals surface area contributed by atoms with Crippen LogP contribution in [0.1, 0.15) is 39.8 Å². The van der Waals surface area contributed by atoms with Gasteiger partial charge in [-0.2, -0.15) is 0 Å². The molecule has 34 heavy (non-hydrogen) atoms. The highest BCUT2D eigenvalue weighted by molar-refractivity contribution is 7.22. The first-order valence-corrected chi connectivity index (χ1v) is 12.4. The highest BCUT2D eigenvalue weighted by Crippen LogP contribution is 2.31. The zero-order chi connectivity index (χ0) is 23.5. The third-order valence-corrected chi connectivity index (χ3v) is 7.49. The number of benzene rings is 2. The van der Waals surface area contributed by atoms with Gasteiger partial charge in [0.1, 0.15) is 11.5 Å². The van der Waals surface area contributed by atoms with Crippen LogP contribution in [0.2, 0.25) is 0 Å². The summed E-state index contributed by atoms with van der Waals surface area (Å²) in [6.07, 6.45) is 1.55. The van der Waals surface area contributed by atoms with E-state index < -0.39 is 0 Å². The average Bonchev–Trinajstić information content (AvgIpc) is 3.50. The van der Waals surface area contributed by atoms with Crippen molar-refractivity contribution in [2.75, 3.05) is 18.4 Å². The van der Waals surface area contributed by atoms with E-state index in [-0.39, 0.29) is 23.5 Å². The predicted octanol–water partition coefficient (Wildman–Crippen LogP) is 4.90. The van der Waals surface area contributed by atoms with Gasteiger partial charge in [-0.1, -0.05) is 35.5 Å². The van der Waals surface area contributed by atoms with E-state index in [1.807, 2.05) is 30.3 Å². The smallest absolute Gasteiger partial charge is 0.298 e. The summed E-state index contributed by atoms with van der Waals surface area (Å²) in [6, 6.07) is 13.8. The average molecular weight is 491 g/mol. The Bertz CT molecular complexity index is 1410. The molecule has 1 N–H and O–H groups in total. The Morgan fingerprint density at radius 3 is 2.68 bits per heavy atom. The number of carbonyl (C=O) groups excluding carboxylic acids is 2. The van der Waals surface area contributed by atoms with E-state index in [1.165, 1.54) is 34.8 Å². The number of piperidine rings is 1. The number of nitrogens with zero attached hydrogens (tertiary/aromatic N) is 3. The summed E-state index contributed by atoms with van der Waals surface area (Å²) in [6.45, 7) is 1.21. The lowest BCUT2D eigenvalue weighted by Crippen LogP contribution is -2.37. The van der Waals surface area contributed by atoms with Gasteiger partial charge in [0.2, 0.25) is 0 Å². The summed E-state index contributed by atoms with van der Waals surface area (Å²) in [5.74, 6) is 4.98. The fourth-order valence-electron chi connectivity index (χ4n) is 3.75. The number of halogens is 1. The number of fused-ring (bicyclic) bond motifs is 1. The van der Waals surface area contributed by atoms with Gasteiger partial charge in [0.25, 0.3) is 11.8 Å². The quantitative estimate of drug-likeness (QED) is 0.415. The molecule has 2 amide bonds. The second-order valence-electron chi connectivity index (χ2n) is 7.84. The molecule has 1 saturated heterocycles. The number of rotatable bonds is 3. The number of aromatic nitrogens is 2. The molecule has 6 nitrogen and oxygen atoms in total. The summed E-state index contributed by atoms with van der Waals surface area (Å²) in [5, 5.41) is 5.79. The van der Waals surface area contributed by atoms with E-state index in [1.54, 1.807) is 16.3 Å². The highest BCUT2D eigenvalue weighted by atomic mass is 32.1. The van der Waals surface area contributed by atoms with Crippen LogP contribution in [0.5, 0.6) is 0 Å². The second-order valence-corrected chi connectivity index (χ2v) is 9.76. The fourth-order valence-corrected chi connectivity index (χ4v) is 5.61. The van der Waals surface area contributed by atoms with E-state index >= 15 is 0 Å². The molecular formula is C25H19FN4O2S2. The van der Waals surface area contributed by atoms with Crippen molar-refractivity contribution in [1.29, 1.82) is 0 Å². The number of hydrogen-bond acceptors (Lipinski definition) is 6. The minimum Gasteiger partial charge on any atom is -0.332 e. The standard InChI is InChI=1S/C25H19FN4O2S2/c26-18-7-8-19-21(14-18)34-25(28-19)29-23(32)20-15-33-24(27-20)17-10-12-30(13-11-17)22(31)9-6-16-4-2-1-3-5-16/h1-5,7-8,14-15,17H,10-13H2,(H,28,29,32). The van der Waals surface area contributed by atoms with Crippen LogP contribution in [0, 0.1) is 17.7 Å². The Balaban J connectivity index is 1.17. The molecule has 1 aliphatic rings. The molecule has 5 rings (SSSR count). The van der Waals surface area contributed by atoms with Gasteiger partial charge in [0.15, 0.2) is 5.13 Å². The number of likely N-dealkylation sites (tertiary alicyclic amines) is 1. The molecule has 0 spiro atoms. The Kier molecular flexibility index (Phi) is 6.34. The molecule has 1 fully saturated rings. The van der Waals surface area contributed by atoms with Gasteiger partial charge in [-0.25, -0.2) is 14.4 Å². The number of anilines is 1. The summed E-state index contributed by atoms with van der Waals surface area (Å²) in [5.41, 5.74) is 1.78. The lowest BCUT2D eigenvalue weighted by molar-refractivity contribution is -0.126. The summed E-state index contributed by atoms with van der Waals surface area (Å²) in [4.78, 5) is 35.7. The van der Waals surface area contributed by atoms with E-state index in [2.05, 4.69) is 27.1 Å². The van der Waals surface area contributed by atoms with Crippen molar-refractivity contribution in [2.24, 2.45) is 0 Å². The normalized spacial score (nSPS) is 14.0. The molecular weight excluding hydrogens is 471 g/mol. The van der Waals surface area contributed by atoms with E-state index in [9.17, 15) is 14.0 Å². The molecule has 170 valence electrons. The van der Waals surface area contributed by atoms with Crippen LogP contribution < -0.4 is 5.32 Å². The third kappa shape index (κ3) is 4.98. The van der Waals surface area contributed by atoms with Crippen molar-refractivity contribution in [2.45, 2.75) is 18.8 Å². The van der Waals surface area contributed by atoms with Crippen molar-refractivity contribution in [1.82, 2.24) is 14.9 Å². The largest absolute Gasteiger partial charge is 0.332 e. The molecule has 0 saturated carbocycles. The van der Waals surface area contributed by atoms with Crippen molar-refractivity contribution in [3.63, 3.8) is 0 Å². The Hall–Kier alpha value is -3.61. The molecule has 9 heteroatoms.